The second-order valence-corrected chi connectivity index (χ2v) is 4.10. The summed E-state index contributed by atoms with van der Waals surface area (Å²) in [6.45, 7) is 2.58. The maximum Gasteiger partial charge on any atom is 0.0716 e. The third-order valence-corrected chi connectivity index (χ3v) is 2.88. The fraction of sp³-hybridized carbons (Fsp3) is 0.250. The molecular weight excluding hydrogens is 222 g/mol. The number of hydrogen-bond acceptors (Lipinski definition) is 2. The molecular formula is C12H14ClN3. The lowest BCUT2D eigenvalue weighted by molar-refractivity contribution is 0.899. The Morgan fingerprint density at radius 1 is 1.38 bits per heavy atom. The van der Waals surface area contributed by atoms with Crippen molar-refractivity contribution in [2.75, 3.05) is 6.54 Å². The monoisotopic (exact) mass is 235 g/mol. The van der Waals surface area contributed by atoms with Gasteiger partial charge in [0.1, 0.15) is 0 Å². The van der Waals surface area contributed by atoms with E-state index in [9.17, 15) is 0 Å². The van der Waals surface area contributed by atoms with E-state index in [1.54, 1.807) is 0 Å². The van der Waals surface area contributed by atoms with E-state index in [1.807, 2.05) is 31.2 Å². The van der Waals surface area contributed by atoms with E-state index in [2.05, 4.69) is 10.2 Å². The van der Waals surface area contributed by atoms with Gasteiger partial charge in [-0.25, -0.2) is 0 Å². The molecule has 0 aliphatic heterocycles. The standard InChI is InChI=1S/C12H14ClN3/c1-8-12(11(6-7-14)16-15-8)9-4-2-3-5-10(9)13/h2-5H,6-7,14H2,1H3,(H,15,16). The normalized spacial score (nSPS) is 10.7. The molecule has 1 heterocycles. The number of nitrogens with two attached hydrogens (primary N) is 1. The fourth-order valence-electron chi connectivity index (χ4n) is 1.82. The van der Waals surface area contributed by atoms with Crippen LogP contribution in [0.15, 0.2) is 24.3 Å². The van der Waals surface area contributed by atoms with Gasteiger partial charge < -0.3 is 5.73 Å². The molecule has 0 saturated carbocycles. The zero-order chi connectivity index (χ0) is 11.5. The van der Waals surface area contributed by atoms with Gasteiger partial charge in [-0.15, -0.1) is 0 Å². The fourth-order valence-corrected chi connectivity index (χ4v) is 2.05. The highest BCUT2D eigenvalue weighted by atomic mass is 35.5. The van der Waals surface area contributed by atoms with Crippen LogP contribution in [0.25, 0.3) is 11.1 Å². The van der Waals surface area contributed by atoms with Gasteiger partial charge in [0.2, 0.25) is 0 Å². The second-order valence-electron chi connectivity index (χ2n) is 3.69. The highest BCUT2D eigenvalue weighted by molar-refractivity contribution is 6.33. The van der Waals surface area contributed by atoms with Crippen LogP contribution in [0.4, 0.5) is 0 Å². The predicted molar refractivity (Wildman–Crippen MR) is 66.5 cm³/mol. The average molecular weight is 236 g/mol. The first-order chi connectivity index (χ1) is 7.74. The molecule has 2 aromatic rings. The Morgan fingerprint density at radius 3 is 2.81 bits per heavy atom. The average Bonchev–Trinajstić information content (AvgIpc) is 2.62. The number of aryl methyl sites for hydroxylation is 1. The molecule has 3 N–H and O–H groups in total. The lowest BCUT2D eigenvalue weighted by atomic mass is 10.0. The molecule has 3 nitrogen and oxygen atoms in total. The largest absolute Gasteiger partial charge is 0.330 e. The first kappa shape index (κ1) is 11.2. The van der Waals surface area contributed by atoms with Crippen molar-refractivity contribution in [2.24, 2.45) is 5.73 Å². The zero-order valence-corrected chi connectivity index (χ0v) is 9.88. The minimum Gasteiger partial charge on any atom is -0.330 e. The summed E-state index contributed by atoms with van der Waals surface area (Å²) in [6.07, 6.45) is 0.755. The molecule has 0 saturated heterocycles. The summed E-state index contributed by atoms with van der Waals surface area (Å²) in [6, 6.07) is 7.78. The molecule has 16 heavy (non-hydrogen) atoms. The quantitative estimate of drug-likeness (QED) is 0.859. The van der Waals surface area contributed by atoms with Crippen molar-refractivity contribution >= 4 is 11.6 Å². The van der Waals surface area contributed by atoms with Gasteiger partial charge >= 0.3 is 0 Å². The number of aromatic amines is 1. The molecule has 84 valence electrons. The summed E-state index contributed by atoms with van der Waals surface area (Å²) in [4.78, 5) is 0. The van der Waals surface area contributed by atoms with E-state index in [0.29, 0.717) is 6.54 Å². The first-order valence-electron chi connectivity index (χ1n) is 5.23. The summed E-state index contributed by atoms with van der Waals surface area (Å²) in [7, 11) is 0. The number of benzene rings is 1. The van der Waals surface area contributed by atoms with Gasteiger partial charge in [0.15, 0.2) is 0 Å². The highest BCUT2D eigenvalue weighted by Gasteiger charge is 2.13. The van der Waals surface area contributed by atoms with Crippen LogP contribution in [0.3, 0.4) is 0 Å². The lowest BCUT2D eigenvalue weighted by Gasteiger charge is -2.05. The summed E-state index contributed by atoms with van der Waals surface area (Å²) in [5.41, 5.74) is 9.66. The van der Waals surface area contributed by atoms with Gasteiger partial charge in [0.25, 0.3) is 0 Å². The summed E-state index contributed by atoms with van der Waals surface area (Å²) in [5, 5.41) is 7.98. The molecule has 1 aromatic heterocycles. The van der Waals surface area contributed by atoms with Crippen molar-refractivity contribution in [1.29, 1.82) is 0 Å². The maximum atomic E-state index is 6.19. The van der Waals surface area contributed by atoms with E-state index in [-0.39, 0.29) is 0 Å². The van der Waals surface area contributed by atoms with Gasteiger partial charge in [0, 0.05) is 28.3 Å². The molecule has 0 amide bonds. The molecule has 0 unspecified atom stereocenters. The van der Waals surface area contributed by atoms with Crippen molar-refractivity contribution in [1.82, 2.24) is 10.2 Å². The van der Waals surface area contributed by atoms with Crippen molar-refractivity contribution < 1.29 is 0 Å². The third kappa shape index (κ3) is 1.96. The molecule has 0 aliphatic rings. The van der Waals surface area contributed by atoms with Crippen LogP contribution >= 0.6 is 11.6 Å². The minimum absolute atomic E-state index is 0.585. The molecule has 2 rings (SSSR count). The van der Waals surface area contributed by atoms with E-state index >= 15 is 0 Å². The molecule has 0 atom stereocenters. The number of nitrogens with one attached hydrogen (secondary N) is 1. The van der Waals surface area contributed by atoms with Crippen LogP contribution in [-0.4, -0.2) is 16.7 Å². The Balaban J connectivity index is 2.54. The highest BCUT2D eigenvalue weighted by Crippen LogP contribution is 2.31. The minimum atomic E-state index is 0.585. The summed E-state index contributed by atoms with van der Waals surface area (Å²) >= 11 is 6.19. The van der Waals surface area contributed by atoms with Crippen LogP contribution in [0.2, 0.25) is 5.02 Å². The van der Waals surface area contributed by atoms with E-state index in [0.717, 1.165) is 34.0 Å². The maximum absolute atomic E-state index is 6.19. The summed E-state index contributed by atoms with van der Waals surface area (Å²) < 4.78 is 0. The molecule has 4 heteroatoms. The molecule has 0 spiro atoms. The van der Waals surface area contributed by atoms with Crippen LogP contribution < -0.4 is 5.73 Å². The van der Waals surface area contributed by atoms with Gasteiger partial charge in [0.05, 0.1) is 5.69 Å². The van der Waals surface area contributed by atoms with Crippen LogP contribution in [0.1, 0.15) is 11.4 Å². The molecule has 0 radical (unpaired) electrons. The predicted octanol–water partition coefficient (Wildman–Crippen LogP) is 2.54. The lowest BCUT2D eigenvalue weighted by Crippen LogP contribution is -2.04. The Bertz CT molecular complexity index is 491. The SMILES string of the molecule is Cc1[nH]nc(CCN)c1-c1ccccc1Cl. The van der Waals surface area contributed by atoms with Gasteiger partial charge in [-0.2, -0.15) is 5.10 Å². The van der Waals surface area contributed by atoms with Crippen molar-refractivity contribution in [3.63, 3.8) is 0 Å². The molecule has 0 aliphatic carbocycles. The topological polar surface area (TPSA) is 54.7 Å². The van der Waals surface area contributed by atoms with Crippen molar-refractivity contribution in [3.8, 4) is 11.1 Å². The molecule has 1 aromatic carbocycles. The molecule has 0 bridgehead atoms. The van der Waals surface area contributed by atoms with Gasteiger partial charge in [-0.1, -0.05) is 29.8 Å². The zero-order valence-electron chi connectivity index (χ0n) is 9.13. The van der Waals surface area contributed by atoms with E-state index < -0.39 is 0 Å². The van der Waals surface area contributed by atoms with E-state index in [1.165, 1.54) is 0 Å². The number of aromatic nitrogens is 2. The third-order valence-electron chi connectivity index (χ3n) is 2.55. The smallest absolute Gasteiger partial charge is 0.0716 e. The summed E-state index contributed by atoms with van der Waals surface area (Å²) in [5.74, 6) is 0. The Hall–Kier alpha value is -1.32. The van der Waals surface area contributed by atoms with Gasteiger partial charge in [-0.05, 0) is 19.5 Å². The Kier molecular flexibility index (Phi) is 3.27. The van der Waals surface area contributed by atoms with Gasteiger partial charge in [-0.3, -0.25) is 5.10 Å². The number of rotatable bonds is 3. The number of H-pyrrole nitrogens is 1. The molecule has 0 fully saturated rings. The first-order valence-corrected chi connectivity index (χ1v) is 5.60. The van der Waals surface area contributed by atoms with Crippen molar-refractivity contribution in [2.45, 2.75) is 13.3 Å². The number of nitrogens with zero attached hydrogens (tertiary/aromatic N) is 1. The Morgan fingerprint density at radius 2 is 2.12 bits per heavy atom. The van der Waals surface area contributed by atoms with Crippen LogP contribution in [0, 0.1) is 6.92 Å². The van der Waals surface area contributed by atoms with Crippen LogP contribution in [-0.2, 0) is 6.42 Å². The second kappa shape index (κ2) is 4.68. The van der Waals surface area contributed by atoms with Crippen LogP contribution in [0.5, 0.6) is 0 Å². The number of hydrogen-bond donors (Lipinski definition) is 2. The van der Waals surface area contributed by atoms with Crippen molar-refractivity contribution in [3.05, 3.63) is 40.7 Å². The Labute approximate surface area is 99.6 Å². The number of halogens is 1. The van der Waals surface area contributed by atoms with E-state index in [4.69, 9.17) is 17.3 Å².